The fourth-order valence-corrected chi connectivity index (χ4v) is 4.05. The van der Waals surface area contributed by atoms with Crippen molar-refractivity contribution < 1.29 is 4.74 Å². The molecule has 0 saturated heterocycles. The number of aromatic nitrogens is 1. The maximum absolute atomic E-state index is 5.29. The van der Waals surface area contributed by atoms with E-state index in [0.29, 0.717) is 4.75 Å². The molecule has 3 rings (SSSR count). The number of thioether (sulfide) groups is 1. The van der Waals surface area contributed by atoms with Gasteiger partial charge in [0, 0.05) is 22.9 Å². The van der Waals surface area contributed by atoms with Crippen LogP contribution in [0.4, 0.5) is 5.82 Å². The lowest BCUT2D eigenvalue weighted by Crippen LogP contribution is -2.30. The van der Waals surface area contributed by atoms with E-state index in [0.717, 1.165) is 28.9 Å². The minimum absolute atomic E-state index is 0.385. The molecule has 1 aromatic carbocycles. The summed E-state index contributed by atoms with van der Waals surface area (Å²) in [6.07, 6.45) is 9.41. The smallest absolute Gasteiger partial charge is 0.133 e. The van der Waals surface area contributed by atoms with Crippen molar-refractivity contribution in [3.8, 4) is 5.75 Å². The van der Waals surface area contributed by atoms with Gasteiger partial charge in [-0.2, -0.15) is 11.8 Å². The lowest BCUT2D eigenvalue weighted by Gasteiger charge is -2.27. The fourth-order valence-electron chi connectivity index (χ4n) is 3.14. The van der Waals surface area contributed by atoms with Gasteiger partial charge in [-0.25, -0.2) is 4.98 Å². The summed E-state index contributed by atoms with van der Waals surface area (Å²) in [6, 6.07) is 8.17. The summed E-state index contributed by atoms with van der Waals surface area (Å²) in [6.45, 7) is 0.992. The minimum Gasteiger partial charge on any atom is -0.497 e. The van der Waals surface area contributed by atoms with Gasteiger partial charge in [-0.05, 0) is 48.7 Å². The quantitative estimate of drug-likeness (QED) is 0.891. The number of benzene rings is 1. The predicted octanol–water partition coefficient (Wildman–Crippen LogP) is 4.33. The second-order valence-electron chi connectivity index (χ2n) is 5.69. The van der Waals surface area contributed by atoms with Crippen LogP contribution in [-0.4, -0.2) is 29.6 Å². The molecule has 0 radical (unpaired) electrons. The number of anilines is 1. The Balaban J connectivity index is 1.83. The lowest BCUT2D eigenvalue weighted by molar-refractivity contribution is 0.415. The second-order valence-corrected chi connectivity index (χ2v) is 6.97. The van der Waals surface area contributed by atoms with E-state index in [1.165, 1.54) is 25.7 Å². The van der Waals surface area contributed by atoms with E-state index in [9.17, 15) is 0 Å². The molecule has 21 heavy (non-hydrogen) atoms. The predicted molar refractivity (Wildman–Crippen MR) is 91.5 cm³/mol. The summed E-state index contributed by atoms with van der Waals surface area (Å²) in [7, 11) is 1.70. The fraction of sp³-hybridized carbons (Fsp3) is 0.471. The molecule has 1 heterocycles. The zero-order chi connectivity index (χ0) is 14.7. The molecular formula is C17H22N2OS. The first-order valence-electron chi connectivity index (χ1n) is 7.48. The highest BCUT2D eigenvalue weighted by atomic mass is 32.2. The number of hydrogen-bond acceptors (Lipinski definition) is 4. The SMILES string of the molecule is COc1ccc2c(NCC3(SC)CCCC3)nccc2c1. The molecule has 1 N–H and O–H groups in total. The number of methoxy groups -OCH3 is 1. The standard InChI is InChI=1S/C17H22N2OS/c1-20-14-5-6-15-13(11-14)7-10-18-16(15)19-12-17(21-2)8-3-4-9-17/h5-7,10-11H,3-4,8-9,12H2,1-2H3,(H,18,19). The van der Waals surface area contributed by atoms with E-state index in [2.05, 4.69) is 28.7 Å². The Hall–Kier alpha value is -1.42. The number of fused-ring (bicyclic) bond motifs is 1. The zero-order valence-electron chi connectivity index (χ0n) is 12.7. The Kier molecular flexibility index (Phi) is 4.24. The Bertz CT molecular complexity index is 623. The molecule has 0 unspecified atom stereocenters. The average molecular weight is 302 g/mol. The molecule has 0 spiro atoms. The summed E-state index contributed by atoms with van der Waals surface area (Å²) >= 11 is 2.00. The number of rotatable bonds is 5. The van der Waals surface area contributed by atoms with Gasteiger partial charge < -0.3 is 10.1 Å². The summed E-state index contributed by atoms with van der Waals surface area (Å²) < 4.78 is 5.68. The average Bonchev–Trinajstić information content (AvgIpc) is 3.01. The van der Waals surface area contributed by atoms with Crippen molar-refractivity contribution in [2.45, 2.75) is 30.4 Å². The third-order valence-corrected chi connectivity index (χ3v) is 5.92. The van der Waals surface area contributed by atoms with Gasteiger partial charge in [-0.15, -0.1) is 0 Å². The molecule has 112 valence electrons. The molecule has 2 aromatic rings. The van der Waals surface area contributed by atoms with E-state index in [-0.39, 0.29) is 0 Å². The molecule has 0 amide bonds. The number of pyridine rings is 1. The van der Waals surface area contributed by atoms with Crippen LogP contribution in [0.25, 0.3) is 10.8 Å². The normalized spacial score (nSPS) is 17.0. The van der Waals surface area contributed by atoms with Gasteiger partial charge in [-0.3, -0.25) is 0 Å². The van der Waals surface area contributed by atoms with Gasteiger partial charge in [0.1, 0.15) is 11.6 Å². The van der Waals surface area contributed by atoms with Crippen molar-refractivity contribution in [1.29, 1.82) is 0 Å². The number of hydrogen-bond donors (Lipinski definition) is 1. The Labute approximate surface area is 130 Å². The van der Waals surface area contributed by atoms with Gasteiger partial charge in [0.15, 0.2) is 0 Å². The van der Waals surface area contributed by atoms with Crippen LogP contribution < -0.4 is 10.1 Å². The Morgan fingerprint density at radius 1 is 1.29 bits per heavy atom. The highest BCUT2D eigenvalue weighted by Crippen LogP contribution is 2.40. The maximum atomic E-state index is 5.29. The van der Waals surface area contributed by atoms with Crippen molar-refractivity contribution >= 4 is 28.4 Å². The largest absolute Gasteiger partial charge is 0.497 e. The second kappa shape index (κ2) is 6.14. The number of nitrogens with one attached hydrogen (secondary N) is 1. The molecule has 0 atom stereocenters. The molecule has 1 aliphatic rings. The van der Waals surface area contributed by atoms with Crippen LogP contribution in [0.5, 0.6) is 5.75 Å². The molecular weight excluding hydrogens is 280 g/mol. The monoisotopic (exact) mass is 302 g/mol. The maximum Gasteiger partial charge on any atom is 0.133 e. The van der Waals surface area contributed by atoms with Crippen LogP contribution in [0.15, 0.2) is 30.5 Å². The highest BCUT2D eigenvalue weighted by Gasteiger charge is 2.32. The zero-order valence-corrected chi connectivity index (χ0v) is 13.5. The summed E-state index contributed by atoms with van der Waals surface area (Å²) in [5.41, 5.74) is 0. The van der Waals surface area contributed by atoms with E-state index >= 15 is 0 Å². The molecule has 1 fully saturated rings. The first-order chi connectivity index (χ1) is 10.3. The van der Waals surface area contributed by atoms with E-state index in [4.69, 9.17) is 4.74 Å². The van der Waals surface area contributed by atoms with Crippen LogP contribution in [0.1, 0.15) is 25.7 Å². The molecule has 1 aliphatic carbocycles. The van der Waals surface area contributed by atoms with Crippen LogP contribution in [0, 0.1) is 0 Å². The van der Waals surface area contributed by atoms with E-state index in [1.807, 2.05) is 30.1 Å². The van der Waals surface area contributed by atoms with Crippen molar-refractivity contribution in [2.24, 2.45) is 0 Å². The number of nitrogens with zero attached hydrogens (tertiary/aromatic N) is 1. The third kappa shape index (κ3) is 2.95. The Morgan fingerprint density at radius 2 is 2.10 bits per heavy atom. The van der Waals surface area contributed by atoms with Crippen LogP contribution in [-0.2, 0) is 0 Å². The number of ether oxygens (including phenoxy) is 1. The van der Waals surface area contributed by atoms with Crippen LogP contribution >= 0.6 is 11.8 Å². The van der Waals surface area contributed by atoms with Crippen molar-refractivity contribution in [2.75, 3.05) is 25.2 Å². The Morgan fingerprint density at radius 3 is 2.81 bits per heavy atom. The van der Waals surface area contributed by atoms with Gasteiger partial charge in [0.2, 0.25) is 0 Å². The summed E-state index contributed by atoms with van der Waals surface area (Å²) in [5, 5.41) is 5.91. The van der Waals surface area contributed by atoms with E-state index < -0.39 is 0 Å². The first kappa shape index (κ1) is 14.5. The molecule has 1 saturated carbocycles. The van der Waals surface area contributed by atoms with E-state index in [1.54, 1.807) is 7.11 Å². The topological polar surface area (TPSA) is 34.1 Å². The van der Waals surface area contributed by atoms with Crippen LogP contribution in [0.2, 0.25) is 0 Å². The summed E-state index contributed by atoms with van der Waals surface area (Å²) in [4.78, 5) is 4.53. The molecule has 3 nitrogen and oxygen atoms in total. The lowest BCUT2D eigenvalue weighted by atomic mass is 10.1. The van der Waals surface area contributed by atoms with Gasteiger partial charge in [0.05, 0.1) is 7.11 Å². The molecule has 0 aliphatic heterocycles. The minimum atomic E-state index is 0.385. The van der Waals surface area contributed by atoms with Gasteiger partial charge in [0.25, 0.3) is 0 Å². The van der Waals surface area contributed by atoms with Gasteiger partial charge in [-0.1, -0.05) is 12.8 Å². The molecule has 1 aromatic heterocycles. The van der Waals surface area contributed by atoms with Gasteiger partial charge >= 0.3 is 0 Å². The van der Waals surface area contributed by atoms with Crippen molar-refractivity contribution in [1.82, 2.24) is 4.98 Å². The van der Waals surface area contributed by atoms with Crippen LogP contribution in [0.3, 0.4) is 0 Å². The first-order valence-corrected chi connectivity index (χ1v) is 8.71. The van der Waals surface area contributed by atoms with Crippen molar-refractivity contribution in [3.63, 3.8) is 0 Å². The molecule has 0 bridgehead atoms. The van der Waals surface area contributed by atoms with Crippen molar-refractivity contribution in [3.05, 3.63) is 30.5 Å². The third-order valence-electron chi connectivity index (χ3n) is 4.50. The summed E-state index contributed by atoms with van der Waals surface area (Å²) in [5.74, 6) is 1.87. The molecule has 4 heteroatoms. The highest BCUT2D eigenvalue weighted by molar-refractivity contribution is 8.00.